The van der Waals surface area contributed by atoms with E-state index in [0.29, 0.717) is 5.69 Å². The minimum Gasteiger partial charge on any atom is -0.347 e. The molecule has 246 valence electrons. The van der Waals surface area contributed by atoms with Crippen LogP contribution in [0.25, 0.3) is 5.78 Å². The Morgan fingerprint density at radius 3 is 2.18 bits per heavy atom. The molecule has 45 heavy (non-hydrogen) atoms. The second kappa shape index (κ2) is 12.5. The van der Waals surface area contributed by atoms with Gasteiger partial charge in [-0.3, -0.25) is 14.0 Å². The summed E-state index contributed by atoms with van der Waals surface area (Å²) in [4.78, 5) is 35.2. The maximum Gasteiger partial charge on any atom is 0.390 e. The number of rotatable bonds is 11. The molecular formula is C27H30F8N8O2. The zero-order valence-corrected chi connectivity index (χ0v) is 23.7. The first-order valence-electron chi connectivity index (χ1n) is 14.4. The molecule has 0 aromatic carbocycles. The number of nitrogens with one attached hydrogen (secondary N) is 2. The minimum absolute atomic E-state index is 0.00953. The number of hydrogen-bond donors (Lipinski definition) is 2. The fraction of sp³-hybridized carbons (Fsp3) is 0.630. The molecule has 2 amide bonds. The second-order valence-corrected chi connectivity index (χ2v) is 11.6. The molecule has 2 aliphatic rings. The Hall–Kier alpha value is -3.86. The molecule has 2 atom stereocenters. The number of carbonyl (C=O) groups excluding carboxylic acids is 2. The lowest BCUT2D eigenvalue weighted by molar-refractivity contribution is -0.144. The van der Waals surface area contributed by atoms with Crippen molar-refractivity contribution in [1.82, 2.24) is 40.0 Å². The lowest BCUT2D eigenvalue weighted by Gasteiger charge is -2.33. The average Bonchev–Trinajstić information content (AvgIpc) is 3.52. The van der Waals surface area contributed by atoms with Crippen LogP contribution in [0.3, 0.4) is 0 Å². The molecule has 10 nitrogen and oxygen atoms in total. The first-order valence-corrected chi connectivity index (χ1v) is 14.4. The number of fused-ring (bicyclic) bond motifs is 1. The van der Waals surface area contributed by atoms with E-state index in [0.717, 1.165) is 23.8 Å². The highest BCUT2D eigenvalue weighted by atomic mass is 19.4. The Labute approximate surface area is 251 Å². The summed E-state index contributed by atoms with van der Waals surface area (Å²) in [5.74, 6) is -4.73. The van der Waals surface area contributed by atoms with E-state index in [1.165, 1.54) is 4.40 Å². The second-order valence-electron chi connectivity index (χ2n) is 11.6. The molecule has 0 bridgehead atoms. The number of carbonyl (C=O) groups is 2. The van der Waals surface area contributed by atoms with E-state index in [2.05, 4.69) is 30.8 Å². The molecule has 2 fully saturated rings. The fourth-order valence-corrected chi connectivity index (χ4v) is 5.37. The van der Waals surface area contributed by atoms with E-state index < -0.39 is 86.7 Å². The van der Waals surface area contributed by atoms with Crippen LogP contribution >= 0.6 is 0 Å². The monoisotopic (exact) mass is 650 g/mol. The molecule has 5 rings (SSSR count). The summed E-state index contributed by atoms with van der Waals surface area (Å²) in [6.07, 6.45) is -7.16. The van der Waals surface area contributed by atoms with Gasteiger partial charge >= 0.3 is 12.4 Å². The zero-order valence-electron chi connectivity index (χ0n) is 23.7. The number of alkyl halides is 8. The number of aryl methyl sites for hydroxylation is 1. The smallest absolute Gasteiger partial charge is 0.347 e. The molecule has 0 saturated heterocycles. The van der Waals surface area contributed by atoms with Crippen LogP contribution in [0.2, 0.25) is 0 Å². The maximum absolute atomic E-state index is 14.0. The lowest BCUT2D eigenvalue weighted by Crippen LogP contribution is -2.37. The SMILES string of the molecule is O=C(CCC(F)(F)F)NC(c1ccn2cc([C@@H](NC(=O)c3cnn(CCC(F)(F)F)n3)C3CCC(F)(F)CC3)nc2n1)C1CC1. The topological polar surface area (TPSA) is 119 Å². The van der Waals surface area contributed by atoms with Crippen LogP contribution in [-0.2, 0) is 11.3 Å². The predicted octanol–water partition coefficient (Wildman–Crippen LogP) is 5.48. The largest absolute Gasteiger partial charge is 0.390 e. The molecular weight excluding hydrogens is 620 g/mol. The molecule has 2 saturated carbocycles. The van der Waals surface area contributed by atoms with Gasteiger partial charge in [0.15, 0.2) is 5.69 Å². The molecule has 3 aromatic heterocycles. The van der Waals surface area contributed by atoms with E-state index >= 15 is 0 Å². The summed E-state index contributed by atoms with van der Waals surface area (Å²) in [6, 6.07) is 0.0757. The van der Waals surface area contributed by atoms with Crippen molar-refractivity contribution in [3.8, 4) is 0 Å². The third-order valence-electron chi connectivity index (χ3n) is 7.93. The van der Waals surface area contributed by atoms with Crippen molar-refractivity contribution in [3.63, 3.8) is 0 Å². The van der Waals surface area contributed by atoms with Crippen molar-refractivity contribution >= 4 is 17.6 Å². The van der Waals surface area contributed by atoms with Crippen LogP contribution in [0.5, 0.6) is 0 Å². The molecule has 2 aliphatic carbocycles. The van der Waals surface area contributed by atoms with Gasteiger partial charge in [-0.15, -0.1) is 5.10 Å². The summed E-state index contributed by atoms with van der Waals surface area (Å²) in [5.41, 5.74) is 0.404. The summed E-state index contributed by atoms with van der Waals surface area (Å²) in [5, 5.41) is 12.9. The molecule has 18 heteroatoms. The van der Waals surface area contributed by atoms with E-state index in [1.807, 2.05) is 0 Å². The van der Waals surface area contributed by atoms with Crippen molar-refractivity contribution in [2.24, 2.45) is 11.8 Å². The summed E-state index contributed by atoms with van der Waals surface area (Å²) in [6.45, 7) is -0.594. The van der Waals surface area contributed by atoms with E-state index in [4.69, 9.17) is 0 Å². The van der Waals surface area contributed by atoms with Gasteiger partial charge in [-0.1, -0.05) is 0 Å². The van der Waals surface area contributed by atoms with E-state index in [9.17, 15) is 44.7 Å². The number of aromatic nitrogens is 6. The van der Waals surface area contributed by atoms with Gasteiger partial charge in [-0.2, -0.15) is 36.2 Å². The number of halogens is 8. The van der Waals surface area contributed by atoms with Gasteiger partial charge in [0.2, 0.25) is 17.6 Å². The van der Waals surface area contributed by atoms with Gasteiger partial charge in [-0.25, -0.2) is 18.7 Å². The molecule has 2 N–H and O–H groups in total. The van der Waals surface area contributed by atoms with Gasteiger partial charge in [0.25, 0.3) is 5.91 Å². The highest BCUT2D eigenvalue weighted by molar-refractivity contribution is 5.92. The third kappa shape index (κ3) is 8.87. The van der Waals surface area contributed by atoms with Crippen LogP contribution < -0.4 is 10.6 Å². The third-order valence-corrected chi connectivity index (χ3v) is 7.93. The van der Waals surface area contributed by atoms with Gasteiger partial charge in [-0.05, 0) is 43.6 Å². The standard InChI is InChI=1S/C27H30F8N8O2/c28-25(29)7-3-16(4-8-25)22(40-23(45)18-13-36-43(41-18)12-10-27(33,34)35)19-14-42-11-6-17(37-24(42)38-19)21(15-1-2-15)39-20(44)5-9-26(30,31)32/h6,11,13-16,21-22H,1-5,7-10,12H2,(H,39,44)(H,40,45)/t21?,22-/m0/s1. The van der Waals surface area contributed by atoms with Gasteiger partial charge < -0.3 is 10.6 Å². The Morgan fingerprint density at radius 1 is 0.911 bits per heavy atom. The highest BCUT2D eigenvalue weighted by Gasteiger charge is 2.40. The fourth-order valence-electron chi connectivity index (χ4n) is 5.37. The predicted molar refractivity (Wildman–Crippen MR) is 140 cm³/mol. The Morgan fingerprint density at radius 2 is 1.53 bits per heavy atom. The summed E-state index contributed by atoms with van der Waals surface area (Å²) in [7, 11) is 0. The Bertz CT molecular complexity index is 1500. The number of nitrogens with zero attached hydrogens (tertiary/aromatic N) is 6. The van der Waals surface area contributed by atoms with Crippen LogP contribution in [0.1, 0.15) is 91.7 Å². The number of imidazole rings is 1. The Balaban J connectivity index is 1.36. The molecule has 3 aromatic rings. The minimum atomic E-state index is -4.47. The molecule has 0 spiro atoms. The normalized spacial score (nSPS) is 18.9. The molecule has 0 aliphatic heterocycles. The average molecular weight is 651 g/mol. The molecule has 3 heterocycles. The molecule has 1 unspecified atom stereocenters. The highest BCUT2D eigenvalue weighted by Crippen LogP contribution is 2.42. The van der Waals surface area contributed by atoms with E-state index in [1.54, 1.807) is 18.5 Å². The Kier molecular flexibility index (Phi) is 9.04. The first kappa shape index (κ1) is 32.5. The van der Waals surface area contributed by atoms with Gasteiger partial charge in [0, 0.05) is 31.7 Å². The van der Waals surface area contributed by atoms with Crippen LogP contribution in [0, 0.1) is 11.8 Å². The van der Waals surface area contributed by atoms with Gasteiger partial charge in [0.1, 0.15) is 0 Å². The van der Waals surface area contributed by atoms with Crippen LogP contribution in [-0.4, -0.2) is 59.5 Å². The number of amides is 2. The van der Waals surface area contributed by atoms with Crippen LogP contribution in [0.4, 0.5) is 35.1 Å². The van der Waals surface area contributed by atoms with Crippen molar-refractivity contribution in [2.75, 3.05) is 0 Å². The molecule has 0 radical (unpaired) electrons. The van der Waals surface area contributed by atoms with Gasteiger partial charge in [0.05, 0.1) is 49.1 Å². The summed E-state index contributed by atoms with van der Waals surface area (Å²) < 4.78 is 105. The van der Waals surface area contributed by atoms with Crippen molar-refractivity contribution in [3.05, 3.63) is 41.7 Å². The van der Waals surface area contributed by atoms with Crippen molar-refractivity contribution in [1.29, 1.82) is 0 Å². The zero-order chi connectivity index (χ0) is 32.6. The first-order chi connectivity index (χ1) is 21.1. The quantitative estimate of drug-likeness (QED) is 0.266. The maximum atomic E-state index is 14.0. The van der Waals surface area contributed by atoms with E-state index in [-0.39, 0.29) is 35.9 Å². The van der Waals surface area contributed by atoms with Crippen LogP contribution in [0.15, 0.2) is 24.7 Å². The lowest BCUT2D eigenvalue weighted by atomic mass is 9.81. The number of hydrogen-bond acceptors (Lipinski definition) is 6. The van der Waals surface area contributed by atoms with Crippen molar-refractivity contribution < 1.29 is 44.7 Å². The van der Waals surface area contributed by atoms with Crippen molar-refractivity contribution in [2.45, 2.75) is 94.7 Å². The summed E-state index contributed by atoms with van der Waals surface area (Å²) >= 11 is 0.